The molecule has 1 amide bonds. The molecule has 2 atom stereocenters. The SMILES string of the molecule is Cc1ccc([C@H]2[C@@H](C(=O)O)CC(=O)N2C)cc1. The van der Waals surface area contributed by atoms with Crippen LogP contribution in [0.25, 0.3) is 0 Å². The summed E-state index contributed by atoms with van der Waals surface area (Å²) in [5.41, 5.74) is 2.00. The molecule has 0 aliphatic carbocycles. The van der Waals surface area contributed by atoms with E-state index in [4.69, 9.17) is 5.11 Å². The van der Waals surface area contributed by atoms with E-state index in [0.717, 1.165) is 11.1 Å². The molecule has 4 heteroatoms. The maximum absolute atomic E-state index is 11.6. The van der Waals surface area contributed by atoms with Gasteiger partial charge in [0.25, 0.3) is 0 Å². The van der Waals surface area contributed by atoms with Crippen molar-refractivity contribution in [3.63, 3.8) is 0 Å². The maximum atomic E-state index is 11.6. The van der Waals surface area contributed by atoms with E-state index in [0.29, 0.717) is 0 Å². The van der Waals surface area contributed by atoms with Crippen molar-refractivity contribution in [1.82, 2.24) is 4.90 Å². The molecule has 4 nitrogen and oxygen atoms in total. The van der Waals surface area contributed by atoms with Gasteiger partial charge in [0.2, 0.25) is 5.91 Å². The maximum Gasteiger partial charge on any atom is 0.309 e. The fourth-order valence-electron chi connectivity index (χ4n) is 2.31. The number of amides is 1. The average molecular weight is 233 g/mol. The molecule has 0 unspecified atom stereocenters. The van der Waals surface area contributed by atoms with Crippen molar-refractivity contribution in [2.75, 3.05) is 7.05 Å². The summed E-state index contributed by atoms with van der Waals surface area (Å²) in [6, 6.07) is 7.31. The van der Waals surface area contributed by atoms with E-state index in [1.54, 1.807) is 7.05 Å². The first-order valence-electron chi connectivity index (χ1n) is 5.55. The predicted molar refractivity (Wildman–Crippen MR) is 62.4 cm³/mol. The molecular weight excluding hydrogens is 218 g/mol. The Hall–Kier alpha value is -1.84. The van der Waals surface area contributed by atoms with Gasteiger partial charge in [-0.05, 0) is 12.5 Å². The minimum absolute atomic E-state index is 0.0877. The number of hydrogen-bond donors (Lipinski definition) is 1. The van der Waals surface area contributed by atoms with Crippen molar-refractivity contribution < 1.29 is 14.7 Å². The molecular formula is C13H15NO3. The van der Waals surface area contributed by atoms with E-state index in [-0.39, 0.29) is 18.4 Å². The van der Waals surface area contributed by atoms with Crippen LogP contribution in [-0.2, 0) is 9.59 Å². The highest BCUT2D eigenvalue weighted by molar-refractivity contribution is 5.87. The second-order valence-electron chi connectivity index (χ2n) is 4.51. The Labute approximate surface area is 99.9 Å². The lowest BCUT2D eigenvalue weighted by Gasteiger charge is -2.23. The fraction of sp³-hybridized carbons (Fsp3) is 0.385. The lowest BCUT2D eigenvalue weighted by Crippen LogP contribution is -2.26. The van der Waals surface area contributed by atoms with Gasteiger partial charge in [0.15, 0.2) is 0 Å². The molecule has 2 rings (SSSR count). The summed E-state index contributed by atoms with van der Waals surface area (Å²) in [7, 11) is 1.66. The Morgan fingerprint density at radius 2 is 1.94 bits per heavy atom. The molecule has 0 saturated carbocycles. The topological polar surface area (TPSA) is 57.6 Å². The molecule has 1 heterocycles. The van der Waals surface area contributed by atoms with Gasteiger partial charge in [-0.2, -0.15) is 0 Å². The molecule has 1 fully saturated rings. The van der Waals surface area contributed by atoms with Gasteiger partial charge in [0.05, 0.1) is 12.0 Å². The summed E-state index contributed by atoms with van der Waals surface area (Å²) in [6.07, 6.45) is 0.0877. The van der Waals surface area contributed by atoms with Crippen LogP contribution in [0.15, 0.2) is 24.3 Å². The molecule has 1 aliphatic rings. The Kier molecular flexibility index (Phi) is 2.88. The van der Waals surface area contributed by atoms with Crippen LogP contribution in [0.4, 0.5) is 0 Å². The summed E-state index contributed by atoms with van der Waals surface area (Å²) >= 11 is 0. The van der Waals surface area contributed by atoms with Crippen LogP contribution in [0.1, 0.15) is 23.6 Å². The van der Waals surface area contributed by atoms with Gasteiger partial charge in [-0.25, -0.2) is 0 Å². The van der Waals surface area contributed by atoms with Crippen LogP contribution in [0.2, 0.25) is 0 Å². The van der Waals surface area contributed by atoms with Crippen molar-refractivity contribution in [1.29, 1.82) is 0 Å². The van der Waals surface area contributed by atoms with Crippen LogP contribution in [0.5, 0.6) is 0 Å². The number of carboxylic acids is 1. The lowest BCUT2D eigenvalue weighted by atomic mass is 9.93. The number of aliphatic carboxylic acids is 1. The molecule has 0 spiro atoms. The van der Waals surface area contributed by atoms with E-state index in [1.165, 1.54) is 4.90 Å². The van der Waals surface area contributed by atoms with Crippen molar-refractivity contribution in [3.05, 3.63) is 35.4 Å². The van der Waals surface area contributed by atoms with Gasteiger partial charge in [-0.3, -0.25) is 9.59 Å². The number of aryl methyl sites for hydroxylation is 1. The van der Waals surface area contributed by atoms with Crippen LogP contribution in [0, 0.1) is 12.8 Å². The molecule has 0 bridgehead atoms. The van der Waals surface area contributed by atoms with Crippen molar-refractivity contribution >= 4 is 11.9 Å². The third kappa shape index (κ3) is 2.02. The van der Waals surface area contributed by atoms with E-state index in [1.807, 2.05) is 31.2 Å². The summed E-state index contributed by atoms with van der Waals surface area (Å²) < 4.78 is 0. The van der Waals surface area contributed by atoms with Crippen LogP contribution in [0.3, 0.4) is 0 Å². The van der Waals surface area contributed by atoms with E-state index in [2.05, 4.69) is 0 Å². The monoisotopic (exact) mass is 233 g/mol. The van der Waals surface area contributed by atoms with Gasteiger partial charge >= 0.3 is 5.97 Å². The lowest BCUT2D eigenvalue weighted by molar-refractivity contribution is -0.142. The Balaban J connectivity index is 2.37. The number of carbonyl (C=O) groups excluding carboxylic acids is 1. The zero-order valence-corrected chi connectivity index (χ0v) is 9.88. The fourth-order valence-corrected chi connectivity index (χ4v) is 2.31. The van der Waals surface area contributed by atoms with Crippen molar-refractivity contribution in [3.8, 4) is 0 Å². The molecule has 1 saturated heterocycles. The number of carboxylic acid groups (broad SMARTS) is 1. The van der Waals surface area contributed by atoms with Gasteiger partial charge in [-0.15, -0.1) is 0 Å². The van der Waals surface area contributed by atoms with Crippen LogP contribution < -0.4 is 0 Å². The minimum atomic E-state index is -0.909. The zero-order valence-electron chi connectivity index (χ0n) is 9.88. The Morgan fingerprint density at radius 3 is 2.47 bits per heavy atom. The second-order valence-corrected chi connectivity index (χ2v) is 4.51. The van der Waals surface area contributed by atoms with E-state index >= 15 is 0 Å². The first-order valence-corrected chi connectivity index (χ1v) is 5.55. The highest BCUT2D eigenvalue weighted by Crippen LogP contribution is 2.36. The number of likely N-dealkylation sites (tertiary alicyclic amines) is 1. The molecule has 0 radical (unpaired) electrons. The first-order chi connectivity index (χ1) is 8.00. The summed E-state index contributed by atoms with van der Waals surface area (Å²) in [5, 5.41) is 9.16. The van der Waals surface area contributed by atoms with E-state index < -0.39 is 11.9 Å². The summed E-state index contributed by atoms with van der Waals surface area (Å²) in [5.74, 6) is -1.66. The smallest absolute Gasteiger partial charge is 0.309 e. The number of nitrogens with zero attached hydrogens (tertiary/aromatic N) is 1. The molecule has 90 valence electrons. The van der Waals surface area contributed by atoms with Crippen molar-refractivity contribution in [2.45, 2.75) is 19.4 Å². The number of benzene rings is 1. The third-order valence-electron chi connectivity index (χ3n) is 3.32. The van der Waals surface area contributed by atoms with Gasteiger partial charge in [0, 0.05) is 13.5 Å². The standard InChI is InChI=1S/C13H15NO3/c1-8-3-5-9(6-4-8)12-10(13(16)17)7-11(15)14(12)2/h3-6,10,12H,7H2,1-2H3,(H,16,17)/t10-,12-/m0/s1. The van der Waals surface area contributed by atoms with Gasteiger partial charge in [-0.1, -0.05) is 29.8 Å². The second kappa shape index (κ2) is 4.20. The molecule has 1 aliphatic heterocycles. The molecule has 1 aromatic rings. The molecule has 1 aromatic carbocycles. The zero-order chi connectivity index (χ0) is 12.6. The minimum Gasteiger partial charge on any atom is -0.481 e. The van der Waals surface area contributed by atoms with Crippen LogP contribution >= 0.6 is 0 Å². The quantitative estimate of drug-likeness (QED) is 0.844. The first kappa shape index (κ1) is 11.6. The largest absolute Gasteiger partial charge is 0.481 e. The highest BCUT2D eigenvalue weighted by atomic mass is 16.4. The Morgan fingerprint density at radius 1 is 1.35 bits per heavy atom. The Bertz CT molecular complexity index is 452. The summed E-state index contributed by atoms with van der Waals surface area (Å²) in [6.45, 7) is 1.97. The van der Waals surface area contributed by atoms with Crippen LogP contribution in [-0.4, -0.2) is 28.9 Å². The molecule has 1 N–H and O–H groups in total. The van der Waals surface area contributed by atoms with Gasteiger partial charge < -0.3 is 10.0 Å². The number of hydrogen-bond acceptors (Lipinski definition) is 2. The molecule has 17 heavy (non-hydrogen) atoms. The normalized spacial score (nSPS) is 24.1. The highest BCUT2D eigenvalue weighted by Gasteiger charge is 2.42. The summed E-state index contributed by atoms with van der Waals surface area (Å²) in [4.78, 5) is 24.3. The number of rotatable bonds is 2. The van der Waals surface area contributed by atoms with E-state index in [9.17, 15) is 9.59 Å². The third-order valence-corrected chi connectivity index (χ3v) is 3.32. The number of carbonyl (C=O) groups is 2. The molecule has 0 aromatic heterocycles. The predicted octanol–water partition coefficient (Wildman–Crippen LogP) is 1.60. The van der Waals surface area contributed by atoms with Gasteiger partial charge in [0.1, 0.15) is 0 Å². The van der Waals surface area contributed by atoms with Crippen molar-refractivity contribution in [2.24, 2.45) is 5.92 Å². The average Bonchev–Trinajstić information content (AvgIpc) is 2.57.